The lowest BCUT2D eigenvalue weighted by molar-refractivity contribution is 0.598. The zero-order chi connectivity index (χ0) is 17.3. The van der Waals surface area contributed by atoms with Gasteiger partial charge in [-0.25, -0.2) is 13.6 Å². The van der Waals surface area contributed by atoms with E-state index >= 15 is 0 Å². The molecule has 1 aliphatic heterocycles. The largest absolute Gasteiger partial charge is 0.326 e. The van der Waals surface area contributed by atoms with Gasteiger partial charge in [-0.1, -0.05) is 24.3 Å². The van der Waals surface area contributed by atoms with Crippen LogP contribution < -0.4 is 15.9 Å². The Hall–Kier alpha value is -2.22. The number of nitrogens with two attached hydrogens (primary N) is 2. The van der Waals surface area contributed by atoms with Crippen LogP contribution in [0.3, 0.4) is 0 Å². The third kappa shape index (κ3) is 3.33. The van der Waals surface area contributed by atoms with E-state index in [2.05, 4.69) is 17.2 Å². The Kier molecular flexibility index (Phi) is 4.40. The maximum absolute atomic E-state index is 11.4. The number of rotatable bonds is 4. The van der Waals surface area contributed by atoms with E-state index in [0.717, 1.165) is 28.9 Å². The van der Waals surface area contributed by atoms with Crippen molar-refractivity contribution in [1.82, 2.24) is 0 Å². The minimum atomic E-state index is -3.69. The van der Waals surface area contributed by atoms with E-state index in [1.165, 1.54) is 12.1 Å². The molecule has 0 fully saturated rings. The van der Waals surface area contributed by atoms with Crippen LogP contribution in [0.2, 0.25) is 0 Å². The summed E-state index contributed by atoms with van der Waals surface area (Å²) in [5.41, 5.74) is 9.73. The third-order valence-corrected chi connectivity index (χ3v) is 5.02. The molecule has 0 saturated heterocycles. The van der Waals surface area contributed by atoms with Gasteiger partial charge in [-0.05, 0) is 42.3 Å². The Morgan fingerprint density at radius 3 is 2.29 bits per heavy atom. The fourth-order valence-electron chi connectivity index (χ4n) is 2.82. The summed E-state index contributed by atoms with van der Waals surface area (Å²) in [5.74, 6) is 0. The fraction of sp³-hybridized carbons (Fsp3) is 0.235. The first-order valence-electron chi connectivity index (χ1n) is 7.63. The molecular weight excluding hydrogens is 324 g/mol. The SMILES string of the molecule is CC1=NN(c2ccc(S(N)(=O)=O)cc2)C(c2ccc(CN)cc2)C1. The van der Waals surface area contributed by atoms with Gasteiger partial charge in [0.25, 0.3) is 0 Å². The molecule has 6 nitrogen and oxygen atoms in total. The standard InChI is InChI=1S/C17H20N4O2S/c1-12-10-17(14-4-2-13(11-18)3-5-14)21(20-12)15-6-8-16(9-7-15)24(19,22)23/h2-9,17H,10-11,18H2,1H3,(H2,19,22,23). The molecule has 4 N–H and O–H groups in total. The second-order valence-corrected chi connectivity index (χ2v) is 7.45. The highest BCUT2D eigenvalue weighted by Gasteiger charge is 2.27. The molecule has 0 spiro atoms. The van der Waals surface area contributed by atoms with Crippen molar-refractivity contribution in [3.8, 4) is 0 Å². The molecule has 0 radical (unpaired) electrons. The molecule has 0 amide bonds. The number of primary sulfonamides is 1. The van der Waals surface area contributed by atoms with Crippen LogP contribution in [0.4, 0.5) is 5.69 Å². The van der Waals surface area contributed by atoms with Gasteiger partial charge >= 0.3 is 0 Å². The van der Waals surface area contributed by atoms with E-state index in [0.29, 0.717) is 6.54 Å². The van der Waals surface area contributed by atoms with Gasteiger partial charge in [-0.3, -0.25) is 5.01 Å². The van der Waals surface area contributed by atoms with Crippen LogP contribution in [0.25, 0.3) is 0 Å². The molecule has 1 atom stereocenters. The third-order valence-electron chi connectivity index (χ3n) is 4.09. The monoisotopic (exact) mass is 344 g/mol. The topological polar surface area (TPSA) is 102 Å². The van der Waals surface area contributed by atoms with Gasteiger partial charge in [0.2, 0.25) is 10.0 Å². The minimum absolute atomic E-state index is 0.0807. The average Bonchev–Trinajstić information content (AvgIpc) is 2.96. The number of anilines is 1. The highest BCUT2D eigenvalue weighted by atomic mass is 32.2. The van der Waals surface area contributed by atoms with Crippen LogP contribution in [0.1, 0.15) is 30.5 Å². The van der Waals surface area contributed by atoms with Crippen LogP contribution in [0.5, 0.6) is 0 Å². The Morgan fingerprint density at radius 1 is 1.12 bits per heavy atom. The Bertz CT molecular complexity index is 858. The zero-order valence-corrected chi connectivity index (χ0v) is 14.2. The van der Waals surface area contributed by atoms with Crippen molar-refractivity contribution in [3.63, 3.8) is 0 Å². The second-order valence-electron chi connectivity index (χ2n) is 5.88. The molecule has 0 saturated carbocycles. The summed E-state index contributed by atoms with van der Waals surface area (Å²) in [6.45, 7) is 2.50. The van der Waals surface area contributed by atoms with Crippen LogP contribution in [0, 0.1) is 0 Å². The van der Waals surface area contributed by atoms with Gasteiger partial charge < -0.3 is 5.73 Å². The summed E-state index contributed by atoms with van der Waals surface area (Å²) in [6, 6.07) is 14.7. The molecule has 2 aromatic rings. The fourth-order valence-corrected chi connectivity index (χ4v) is 3.34. The first-order valence-corrected chi connectivity index (χ1v) is 9.18. The summed E-state index contributed by atoms with van der Waals surface area (Å²) in [7, 11) is -3.69. The molecular formula is C17H20N4O2S. The van der Waals surface area contributed by atoms with Crippen LogP contribution in [-0.4, -0.2) is 14.1 Å². The summed E-state index contributed by atoms with van der Waals surface area (Å²) in [4.78, 5) is 0.0926. The smallest absolute Gasteiger partial charge is 0.238 e. The maximum Gasteiger partial charge on any atom is 0.238 e. The van der Waals surface area contributed by atoms with Crippen molar-refractivity contribution in [2.24, 2.45) is 16.0 Å². The van der Waals surface area contributed by atoms with E-state index in [1.54, 1.807) is 12.1 Å². The van der Waals surface area contributed by atoms with Crippen LogP contribution in [-0.2, 0) is 16.6 Å². The van der Waals surface area contributed by atoms with Gasteiger partial charge in [0.05, 0.1) is 16.6 Å². The van der Waals surface area contributed by atoms with E-state index in [9.17, 15) is 8.42 Å². The number of hydrogen-bond donors (Lipinski definition) is 2. The van der Waals surface area contributed by atoms with Gasteiger partial charge in [0.1, 0.15) is 0 Å². The zero-order valence-electron chi connectivity index (χ0n) is 13.4. The summed E-state index contributed by atoms with van der Waals surface area (Å²) in [5, 5.41) is 11.7. The molecule has 2 aromatic carbocycles. The van der Waals surface area contributed by atoms with Crippen LogP contribution >= 0.6 is 0 Å². The quantitative estimate of drug-likeness (QED) is 0.887. The maximum atomic E-state index is 11.4. The van der Waals surface area contributed by atoms with Gasteiger partial charge in [-0.15, -0.1) is 0 Å². The van der Waals surface area contributed by atoms with Crippen molar-refractivity contribution in [2.45, 2.75) is 30.8 Å². The number of sulfonamides is 1. The molecule has 1 heterocycles. The van der Waals surface area contributed by atoms with Crippen molar-refractivity contribution in [1.29, 1.82) is 0 Å². The predicted octanol–water partition coefficient (Wildman–Crippen LogP) is 2.12. The number of hydrazone groups is 1. The Labute approximate surface area is 141 Å². The molecule has 7 heteroatoms. The number of benzene rings is 2. The molecule has 1 aliphatic rings. The first kappa shape index (κ1) is 16.6. The predicted molar refractivity (Wildman–Crippen MR) is 95.1 cm³/mol. The van der Waals surface area contributed by atoms with Gasteiger partial charge in [0, 0.05) is 18.7 Å². The van der Waals surface area contributed by atoms with Crippen molar-refractivity contribution in [2.75, 3.05) is 5.01 Å². The van der Waals surface area contributed by atoms with Crippen molar-refractivity contribution >= 4 is 21.4 Å². The molecule has 1 unspecified atom stereocenters. The summed E-state index contributed by atoms with van der Waals surface area (Å²) >= 11 is 0. The minimum Gasteiger partial charge on any atom is -0.326 e. The average molecular weight is 344 g/mol. The van der Waals surface area contributed by atoms with E-state index in [-0.39, 0.29) is 10.9 Å². The van der Waals surface area contributed by atoms with Crippen molar-refractivity contribution < 1.29 is 8.42 Å². The lowest BCUT2D eigenvalue weighted by atomic mass is 10.0. The Balaban J connectivity index is 1.92. The molecule has 126 valence electrons. The number of hydrogen-bond acceptors (Lipinski definition) is 5. The molecule has 0 aromatic heterocycles. The highest BCUT2D eigenvalue weighted by molar-refractivity contribution is 7.89. The molecule has 0 aliphatic carbocycles. The van der Waals surface area contributed by atoms with E-state index in [4.69, 9.17) is 10.9 Å². The molecule has 0 bridgehead atoms. The van der Waals surface area contributed by atoms with E-state index < -0.39 is 10.0 Å². The number of nitrogens with zero attached hydrogens (tertiary/aromatic N) is 2. The van der Waals surface area contributed by atoms with Crippen molar-refractivity contribution in [3.05, 3.63) is 59.7 Å². The summed E-state index contributed by atoms with van der Waals surface area (Å²) < 4.78 is 22.8. The normalized spacial score (nSPS) is 17.9. The van der Waals surface area contributed by atoms with Gasteiger partial charge in [0.15, 0.2) is 0 Å². The van der Waals surface area contributed by atoms with Crippen LogP contribution in [0.15, 0.2) is 58.5 Å². The van der Waals surface area contributed by atoms with Gasteiger partial charge in [-0.2, -0.15) is 5.10 Å². The Morgan fingerprint density at radius 2 is 1.75 bits per heavy atom. The molecule has 24 heavy (non-hydrogen) atoms. The lowest BCUT2D eigenvalue weighted by Crippen LogP contribution is -2.19. The highest BCUT2D eigenvalue weighted by Crippen LogP contribution is 2.35. The molecule has 3 rings (SSSR count). The summed E-state index contributed by atoms with van der Waals surface area (Å²) in [6.07, 6.45) is 0.818. The lowest BCUT2D eigenvalue weighted by Gasteiger charge is -2.24. The van der Waals surface area contributed by atoms with E-state index in [1.807, 2.05) is 24.1 Å². The first-order chi connectivity index (χ1) is 11.4. The second kappa shape index (κ2) is 6.35.